The largest absolute Gasteiger partial charge is 0.456 e. The van der Waals surface area contributed by atoms with Crippen LogP contribution in [-0.2, 0) is 10.8 Å². The van der Waals surface area contributed by atoms with Crippen LogP contribution in [0.15, 0.2) is 387 Å². The highest BCUT2D eigenvalue weighted by atomic mass is 16.3. The molecular formula is C118H75N3O. The summed E-state index contributed by atoms with van der Waals surface area (Å²) in [4.78, 5) is 0. The van der Waals surface area contributed by atoms with E-state index in [1.54, 1.807) is 0 Å². The monoisotopic (exact) mass is 1550 g/mol. The summed E-state index contributed by atoms with van der Waals surface area (Å²) in [7, 11) is 0. The number of hydrogen-bond acceptors (Lipinski definition) is 1. The molecule has 4 heteroatoms. The predicted octanol–water partition coefficient (Wildman–Crippen LogP) is 32.1. The summed E-state index contributed by atoms with van der Waals surface area (Å²) < 4.78 is 13.8. The quantitative estimate of drug-likeness (QED) is 0.173. The number of benzene rings is 20. The molecule has 0 aliphatic heterocycles. The Balaban J connectivity index is 0.0000000967. The van der Waals surface area contributed by atoms with E-state index in [4.69, 9.17) is 4.42 Å². The minimum absolute atomic E-state index is 0.0222. The molecule has 5 aliphatic carbocycles. The number of aromatic nitrogens is 3. The van der Waals surface area contributed by atoms with Crippen molar-refractivity contribution in [1.29, 1.82) is 0 Å². The maximum absolute atomic E-state index is 6.27. The molecule has 0 amide bonds. The molecule has 0 radical (unpaired) electrons. The van der Waals surface area contributed by atoms with Gasteiger partial charge < -0.3 is 18.1 Å². The first-order chi connectivity index (χ1) is 60.1. The summed E-state index contributed by atoms with van der Waals surface area (Å²) >= 11 is 0. The van der Waals surface area contributed by atoms with Crippen molar-refractivity contribution in [1.82, 2.24) is 13.7 Å². The van der Waals surface area contributed by atoms with E-state index in [1.165, 1.54) is 242 Å². The van der Waals surface area contributed by atoms with Crippen molar-refractivity contribution in [3.8, 4) is 117 Å². The number of rotatable bonds is 4. The Morgan fingerprint density at radius 2 is 0.566 bits per heavy atom. The zero-order valence-corrected chi connectivity index (χ0v) is 67.6. The van der Waals surface area contributed by atoms with Gasteiger partial charge in [-0.2, -0.15) is 0 Å². The molecule has 5 aliphatic rings. The van der Waals surface area contributed by atoms with Crippen LogP contribution in [0, 0.1) is 0 Å². The number of hydrogen-bond donors (Lipinski definition) is 0. The van der Waals surface area contributed by atoms with Crippen LogP contribution in [0.5, 0.6) is 0 Å². The van der Waals surface area contributed by atoms with Crippen molar-refractivity contribution in [2.45, 2.75) is 38.5 Å². The molecule has 0 unspecified atom stereocenters. The highest BCUT2D eigenvalue weighted by molar-refractivity contribution is 6.34. The van der Waals surface area contributed by atoms with Crippen molar-refractivity contribution in [3.05, 3.63) is 404 Å². The number of furan rings is 1. The van der Waals surface area contributed by atoms with Gasteiger partial charge in [-0.05, 0) is 233 Å². The average molecular weight is 1550 g/mol. The maximum atomic E-state index is 6.27. The normalized spacial score (nSPS) is 13.5. The molecule has 0 saturated carbocycles. The first-order valence-electron chi connectivity index (χ1n) is 42.8. The Morgan fingerprint density at radius 1 is 0.197 bits per heavy atom. The van der Waals surface area contributed by atoms with Gasteiger partial charge in [0.25, 0.3) is 0 Å². The molecule has 0 fully saturated rings. The Bertz CT molecular complexity index is 8840. The van der Waals surface area contributed by atoms with Gasteiger partial charge in [0.15, 0.2) is 0 Å². The van der Waals surface area contributed by atoms with Crippen LogP contribution < -0.4 is 0 Å². The summed E-state index contributed by atoms with van der Waals surface area (Å²) in [5, 5.41) is 20.8. The van der Waals surface area contributed by atoms with E-state index >= 15 is 0 Å². The average Bonchev–Trinajstić information content (AvgIpc) is 1.52. The van der Waals surface area contributed by atoms with Crippen molar-refractivity contribution >= 4 is 130 Å². The zero-order valence-electron chi connectivity index (χ0n) is 67.6. The lowest BCUT2D eigenvalue weighted by atomic mass is 9.81. The van der Waals surface area contributed by atoms with E-state index in [1.807, 2.05) is 12.1 Å². The van der Waals surface area contributed by atoms with Gasteiger partial charge in [-0.3, -0.25) is 0 Å². The summed E-state index contributed by atoms with van der Waals surface area (Å²) in [6.07, 6.45) is 0. The van der Waals surface area contributed by atoms with Crippen LogP contribution in [0.4, 0.5) is 0 Å². The fraction of sp³-hybridized carbons (Fsp3) is 0.0508. The topological polar surface area (TPSA) is 27.9 Å². The van der Waals surface area contributed by atoms with Crippen LogP contribution >= 0.6 is 0 Å². The second kappa shape index (κ2) is 24.6. The van der Waals surface area contributed by atoms with Gasteiger partial charge >= 0.3 is 0 Å². The predicted molar refractivity (Wildman–Crippen MR) is 513 cm³/mol. The molecule has 122 heavy (non-hydrogen) atoms. The lowest BCUT2D eigenvalue weighted by molar-refractivity contribution is 0.660. The van der Waals surface area contributed by atoms with Crippen LogP contribution in [-0.4, -0.2) is 13.7 Å². The van der Waals surface area contributed by atoms with E-state index in [9.17, 15) is 0 Å². The molecule has 4 aromatic heterocycles. The minimum Gasteiger partial charge on any atom is -0.456 e. The Hall–Kier alpha value is -15.4. The first kappa shape index (κ1) is 67.6. The van der Waals surface area contributed by atoms with Gasteiger partial charge in [-0.1, -0.05) is 325 Å². The van der Waals surface area contributed by atoms with Crippen molar-refractivity contribution in [2.24, 2.45) is 0 Å². The molecule has 0 N–H and O–H groups in total. The second-order valence-electron chi connectivity index (χ2n) is 35.1. The van der Waals surface area contributed by atoms with Crippen molar-refractivity contribution in [2.75, 3.05) is 0 Å². The molecule has 0 atom stereocenters. The summed E-state index contributed by atoms with van der Waals surface area (Å²) in [5.74, 6) is 0. The van der Waals surface area contributed by atoms with E-state index in [2.05, 4.69) is 411 Å². The zero-order chi connectivity index (χ0) is 80.3. The van der Waals surface area contributed by atoms with Crippen molar-refractivity contribution in [3.63, 3.8) is 0 Å². The number of para-hydroxylation sites is 1. The molecular weight excluding hydrogens is 1480 g/mol. The minimum atomic E-state index is -0.0845. The summed E-state index contributed by atoms with van der Waals surface area (Å²) in [5.41, 5.74) is 42.0. The van der Waals surface area contributed by atoms with Gasteiger partial charge in [0.1, 0.15) is 11.2 Å². The van der Waals surface area contributed by atoms with Gasteiger partial charge in [0, 0.05) is 82.3 Å². The van der Waals surface area contributed by atoms with Gasteiger partial charge in [0.05, 0.1) is 38.8 Å². The highest BCUT2D eigenvalue weighted by Gasteiger charge is 2.40. The molecule has 24 aromatic rings. The number of fused-ring (bicyclic) bond motifs is 19. The van der Waals surface area contributed by atoms with Crippen LogP contribution in [0.2, 0.25) is 0 Å². The van der Waals surface area contributed by atoms with Crippen LogP contribution in [0.1, 0.15) is 49.9 Å². The molecule has 4 nitrogen and oxygen atoms in total. The number of nitrogens with zero attached hydrogens (tertiary/aromatic N) is 3. The summed E-state index contributed by atoms with van der Waals surface area (Å²) in [6.45, 7) is 9.48. The van der Waals surface area contributed by atoms with E-state index < -0.39 is 0 Å². The molecule has 0 bridgehead atoms. The third-order valence-corrected chi connectivity index (χ3v) is 28.3. The van der Waals surface area contributed by atoms with Gasteiger partial charge in [0.2, 0.25) is 0 Å². The smallest absolute Gasteiger partial charge is 0.137 e. The van der Waals surface area contributed by atoms with Crippen molar-refractivity contribution < 1.29 is 4.42 Å². The standard InChI is InChI=1S/C43H29N.C41H27N.C34H19NO/c1-43(2)36-18-6-5-15-32(36)33-22-20-28(25-37(33)43)27-11-7-12-29(24-27)44-38-19-9-17-35-31-14-4-3-13-30(31)34-16-8-10-26-21-23-39(44)42(40(26)34)41(35)38;1-41(2)32-19-8-7-16-31(32)37-33(41)23-25-11-3-4-13-26(25)40(37)42-34-20-10-18-30-28-15-6-5-14-27(28)29-17-9-12-24-21-22-35(42)39(36(24)29)38(30)34;1-2-9-23-22(8-1)26-11-5-7-20-15-18-29-34(32(20)26)33-27(23)12-6-13-28(33)35(29)21-16-17-25-24-10-3-4-14-30(24)36-31(25)19-21/h3-25H,1-2H3;3-23H,1-2H3;1-19H. The maximum Gasteiger partial charge on any atom is 0.137 e. The van der Waals surface area contributed by atoms with Gasteiger partial charge in [-0.15, -0.1) is 0 Å². The lowest BCUT2D eigenvalue weighted by Gasteiger charge is -2.23. The van der Waals surface area contributed by atoms with E-state index in [0.717, 1.165) is 27.6 Å². The van der Waals surface area contributed by atoms with E-state index in [0.29, 0.717) is 0 Å². The SMILES string of the molecule is CC1(C)c2ccccc2-c2c1cc1ccccc1c2-n1c2cccc3c2c2c4c(cccc4ccc21)-c1ccccc1-3.CC1(C)c2ccccc2-c2ccc(-c3cccc(-n4c5cccc6c5c5c7c(cccc7ccc54)-c4ccccc4-6)c3)cc21.c1ccc2c(c1)-c1cccc3ccc4c(c13)c1c-2cccc1n4-c1ccc2c(c1)oc1ccccc12. The Morgan fingerprint density at radius 3 is 1.11 bits per heavy atom. The molecule has 0 spiro atoms. The molecule has 4 heterocycles. The fourth-order valence-electron chi connectivity index (χ4n) is 23.1. The van der Waals surface area contributed by atoms with Gasteiger partial charge in [-0.25, -0.2) is 0 Å². The highest BCUT2D eigenvalue weighted by Crippen LogP contribution is 2.59. The second-order valence-corrected chi connectivity index (χ2v) is 35.1. The van der Waals surface area contributed by atoms with E-state index in [-0.39, 0.29) is 10.8 Å². The summed E-state index contributed by atoms with van der Waals surface area (Å²) in [6, 6.07) is 142. The lowest BCUT2D eigenvalue weighted by Crippen LogP contribution is -2.15. The molecule has 568 valence electrons. The first-order valence-corrected chi connectivity index (χ1v) is 42.8. The third kappa shape index (κ3) is 9.04. The third-order valence-electron chi connectivity index (χ3n) is 28.3. The molecule has 29 rings (SSSR count). The Labute approximate surface area is 703 Å². The Kier molecular flexibility index (Phi) is 13.7. The van der Waals surface area contributed by atoms with Crippen LogP contribution in [0.25, 0.3) is 248 Å². The fourth-order valence-corrected chi connectivity index (χ4v) is 23.1. The molecule has 0 saturated heterocycles. The molecule has 20 aromatic carbocycles. The van der Waals surface area contributed by atoms with Crippen LogP contribution in [0.3, 0.4) is 0 Å².